The van der Waals surface area contributed by atoms with Crippen LogP contribution in [0, 0.1) is 0 Å². The van der Waals surface area contributed by atoms with E-state index in [1.165, 1.54) is 17.8 Å². The van der Waals surface area contributed by atoms with Crippen LogP contribution in [-0.4, -0.2) is 6.54 Å². The average Bonchev–Trinajstić information content (AvgIpc) is 2.68. The molecule has 0 aromatic heterocycles. The molecule has 2 nitrogen and oxygen atoms in total. The molecular formula is C12H16N2. The third-order valence-corrected chi connectivity index (χ3v) is 2.39. The van der Waals surface area contributed by atoms with Gasteiger partial charge >= 0.3 is 0 Å². The van der Waals surface area contributed by atoms with E-state index in [-0.39, 0.29) is 0 Å². The number of allylic oxidation sites excluding steroid dienone is 1. The van der Waals surface area contributed by atoms with Crippen LogP contribution in [0.5, 0.6) is 0 Å². The second-order valence-corrected chi connectivity index (χ2v) is 3.54. The molecule has 1 aliphatic rings. The van der Waals surface area contributed by atoms with Gasteiger partial charge in [-0.05, 0) is 24.6 Å². The van der Waals surface area contributed by atoms with Gasteiger partial charge < -0.3 is 5.43 Å². The van der Waals surface area contributed by atoms with E-state index in [4.69, 9.17) is 0 Å². The van der Waals surface area contributed by atoms with Crippen molar-refractivity contribution in [1.29, 1.82) is 0 Å². The molecule has 0 radical (unpaired) electrons. The fraction of sp³-hybridized carbons (Fsp3) is 0.333. The molecule has 1 aromatic rings. The Morgan fingerprint density at radius 2 is 2.07 bits per heavy atom. The first-order valence-corrected chi connectivity index (χ1v) is 5.18. The number of nitrogens with one attached hydrogen (secondary N) is 1. The number of para-hydroxylation sites is 1. The van der Waals surface area contributed by atoms with Gasteiger partial charge in [-0.25, -0.2) is 0 Å². The molecule has 0 amide bonds. The van der Waals surface area contributed by atoms with Crippen LogP contribution in [0.1, 0.15) is 19.8 Å². The van der Waals surface area contributed by atoms with Gasteiger partial charge in [0.25, 0.3) is 0 Å². The van der Waals surface area contributed by atoms with Gasteiger partial charge in [-0.3, -0.25) is 5.01 Å². The Morgan fingerprint density at radius 3 is 2.79 bits per heavy atom. The topological polar surface area (TPSA) is 15.3 Å². The lowest BCUT2D eigenvalue weighted by Crippen LogP contribution is -2.31. The Hall–Kier alpha value is -1.44. The van der Waals surface area contributed by atoms with Gasteiger partial charge in [0.15, 0.2) is 0 Å². The third kappa shape index (κ3) is 1.90. The number of nitrogens with zero attached hydrogens (tertiary/aromatic N) is 1. The second kappa shape index (κ2) is 4.18. The van der Waals surface area contributed by atoms with Crippen molar-refractivity contribution in [2.45, 2.75) is 19.8 Å². The van der Waals surface area contributed by atoms with E-state index >= 15 is 0 Å². The molecule has 1 N–H and O–H groups in total. The Kier molecular flexibility index (Phi) is 2.73. The van der Waals surface area contributed by atoms with E-state index in [0.29, 0.717) is 0 Å². The zero-order valence-electron chi connectivity index (χ0n) is 8.53. The van der Waals surface area contributed by atoms with E-state index in [0.717, 1.165) is 13.0 Å². The summed E-state index contributed by atoms with van der Waals surface area (Å²) in [5, 5.41) is 2.17. The highest BCUT2D eigenvalue weighted by atomic mass is 15.5. The summed E-state index contributed by atoms with van der Waals surface area (Å²) in [6.45, 7) is 3.17. The molecule has 2 rings (SSSR count). The number of benzene rings is 1. The second-order valence-electron chi connectivity index (χ2n) is 3.54. The molecule has 0 unspecified atom stereocenters. The fourth-order valence-electron chi connectivity index (χ4n) is 1.67. The van der Waals surface area contributed by atoms with Crippen LogP contribution >= 0.6 is 0 Å². The summed E-state index contributed by atoms with van der Waals surface area (Å²) in [7, 11) is 0. The van der Waals surface area contributed by atoms with Gasteiger partial charge in [0.05, 0.1) is 12.2 Å². The van der Waals surface area contributed by atoms with Gasteiger partial charge in [-0.2, -0.15) is 0 Å². The molecule has 0 fully saturated rings. The molecule has 14 heavy (non-hydrogen) atoms. The van der Waals surface area contributed by atoms with E-state index in [1.54, 1.807) is 0 Å². The molecule has 0 bridgehead atoms. The van der Waals surface area contributed by atoms with Crippen molar-refractivity contribution < 1.29 is 0 Å². The lowest BCUT2D eigenvalue weighted by atomic mass is 10.2. The van der Waals surface area contributed by atoms with Crippen LogP contribution in [-0.2, 0) is 0 Å². The molecule has 0 saturated carbocycles. The number of anilines is 1. The largest absolute Gasteiger partial charge is 0.302 e. The van der Waals surface area contributed by atoms with E-state index in [9.17, 15) is 0 Å². The van der Waals surface area contributed by atoms with Crippen molar-refractivity contribution >= 4 is 5.69 Å². The first-order chi connectivity index (χ1) is 6.90. The van der Waals surface area contributed by atoms with Crippen molar-refractivity contribution in [3.8, 4) is 0 Å². The SMILES string of the molecule is CCCC1=CCN(c2ccccc2)N1. The van der Waals surface area contributed by atoms with Crippen molar-refractivity contribution in [2.75, 3.05) is 11.6 Å². The van der Waals surface area contributed by atoms with Gasteiger partial charge in [0.2, 0.25) is 0 Å². The van der Waals surface area contributed by atoms with Crippen molar-refractivity contribution in [2.24, 2.45) is 0 Å². The number of hydrogen-bond acceptors (Lipinski definition) is 2. The predicted octanol–water partition coefficient (Wildman–Crippen LogP) is 2.70. The van der Waals surface area contributed by atoms with Crippen molar-refractivity contribution in [1.82, 2.24) is 5.43 Å². The van der Waals surface area contributed by atoms with Gasteiger partial charge in [0, 0.05) is 5.70 Å². The summed E-state index contributed by atoms with van der Waals surface area (Å²) < 4.78 is 0. The maximum atomic E-state index is 3.40. The van der Waals surface area contributed by atoms with Crippen LogP contribution in [0.3, 0.4) is 0 Å². The first-order valence-electron chi connectivity index (χ1n) is 5.18. The van der Waals surface area contributed by atoms with Gasteiger partial charge in [-0.15, -0.1) is 0 Å². The highest BCUT2D eigenvalue weighted by molar-refractivity contribution is 5.47. The molecule has 1 aliphatic heterocycles. The number of hydrogen-bond donors (Lipinski definition) is 1. The first kappa shape index (κ1) is 9.13. The minimum absolute atomic E-state index is 0.972. The summed E-state index contributed by atoms with van der Waals surface area (Å²) in [6.07, 6.45) is 4.60. The molecule has 0 aliphatic carbocycles. The minimum atomic E-state index is 0.972. The van der Waals surface area contributed by atoms with E-state index in [2.05, 4.69) is 47.7 Å². The lowest BCUT2D eigenvalue weighted by Gasteiger charge is -2.20. The quantitative estimate of drug-likeness (QED) is 0.784. The summed E-state index contributed by atoms with van der Waals surface area (Å²) >= 11 is 0. The lowest BCUT2D eigenvalue weighted by molar-refractivity contribution is 0.748. The molecule has 0 atom stereocenters. The van der Waals surface area contributed by atoms with Crippen molar-refractivity contribution in [3.05, 3.63) is 42.1 Å². The molecule has 1 heterocycles. The Bertz CT molecular complexity index is 316. The van der Waals surface area contributed by atoms with E-state index in [1.807, 2.05) is 6.07 Å². The summed E-state index contributed by atoms with van der Waals surface area (Å²) in [5.74, 6) is 0. The van der Waals surface area contributed by atoms with Crippen LogP contribution in [0.25, 0.3) is 0 Å². The zero-order valence-corrected chi connectivity index (χ0v) is 8.53. The number of rotatable bonds is 3. The monoisotopic (exact) mass is 188 g/mol. The van der Waals surface area contributed by atoms with Crippen LogP contribution < -0.4 is 10.4 Å². The number of hydrazine groups is 1. The van der Waals surface area contributed by atoms with Crippen LogP contribution in [0.2, 0.25) is 0 Å². The zero-order chi connectivity index (χ0) is 9.80. The smallest absolute Gasteiger partial charge is 0.0595 e. The third-order valence-electron chi connectivity index (χ3n) is 2.39. The maximum Gasteiger partial charge on any atom is 0.0595 e. The molecule has 2 heteroatoms. The van der Waals surface area contributed by atoms with Gasteiger partial charge in [-0.1, -0.05) is 31.5 Å². The molecular weight excluding hydrogens is 172 g/mol. The predicted molar refractivity (Wildman–Crippen MR) is 59.9 cm³/mol. The van der Waals surface area contributed by atoms with Crippen LogP contribution in [0.4, 0.5) is 5.69 Å². The highest BCUT2D eigenvalue weighted by Crippen LogP contribution is 2.17. The Morgan fingerprint density at radius 1 is 1.29 bits per heavy atom. The Labute approximate surface area is 85.2 Å². The summed E-state index contributed by atoms with van der Waals surface area (Å²) in [4.78, 5) is 0. The highest BCUT2D eigenvalue weighted by Gasteiger charge is 2.11. The molecule has 0 saturated heterocycles. The fourth-order valence-corrected chi connectivity index (χ4v) is 1.67. The van der Waals surface area contributed by atoms with Crippen molar-refractivity contribution in [3.63, 3.8) is 0 Å². The average molecular weight is 188 g/mol. The summed E-state index contributed by atoms with van der Waals surface area (Å²) in [5.41, 5.74) is 5.98. The minimum Gasteiger partial charge on any atom is -0.302 e. The molecule has 74 valence electrons. The molecule has 1 aromatic carbocycles. The van der Waals surface area contributed by atoms with Gasteiger partial charge in [0.1, 0.15) is 0 Å². The normalized spacial score (nSPS) is 15.2. The molecule has 0 spiro atoms. The Balaban J connectivity index is 1.99. The van der Waals surface area contributed by atoms with E-state index < -0.39 is 0 Å². The standard InChI is InChI=1S/C12H16N2/c1-2-6-11-9-10-14(13-11)12-7-4-3-5-8-12/h3-5,7-9,13H,2,6,10H2,1H3. The van der Waals surface area contributed by atoms with Crippen LogP contribution in [0.15, 0.2) is 42.1 Å². The maximum absolute atomic E-state index is 3.40. The summed E-state index contributed by atoms with van der Waals surface area (Å²) in [6, 6.07) is 10.4.